The molecule has 0 saturated carbocycles. The smallest absolute Gasteiger partial charge is 0.0534 e. The molecule has 0 aliphatic carbocycles. The van der Waals surface area contributed by atoms with Crippen molar-refractivity contribution in [3.63, 3.8) is 0 Å². The Kier molecular flexibility index (Phi) is 5.75. The number of nitrogens with zero attached hydrogens (tertiary/aromatic N) is 2. The van der Waals surface area contributed by atoms with Gasteiger partial charge in [0, 0.05) is 68.5 Å². The van der Waals surface area contributed by atoms with Gasteiger partial charge < -0.3 is 9.80 Å². The zero-order chi connectivity index (χ0) is 27.9. The van der Waals surface area contributed by atoms with Crippen molar-refractivity contribution in [2.75, 3.05) is 36.0 Å². The maximum Gasteiger partial charge on any atom is 0.0534 e. The monoisotopic (exact) mass is 584 g/mol. The highest BCUT2D eigenvalue weighted by atomic mass is 32.1. The van der Waals surface area contributed by atoms with E-state index < -0.39 is 0 Å². The molecule has 0 atom stereocenters. The molecule has 7 aromatic rings. The van der Waals surface area contributed by atoms with Crippen LogP contribution in [0.15, 0.2) is 72.8 Å². The Hall–Kier alpha value is -3.34. The van der Waals surface area contributed by atoms with Crippen LogP contribution in [0.4, 0.5) is 11.4 Å². The lowest BCUT2D eigenvalue weighted by Gasteiger charge is -2.32. The third kappa shape index (κ3) is 4.02. The molecular formula is C38H36N2S2. The van der Waals surface area contributed by atoms with Gasteiger partial charge in [-0.1, -0.05) is 38.1 Å². The molecule has 2 aliphatic rings. The highest BCUT2D eigenvalue weighted by Gasteiger charge is 2.19. The molecule has 4 heterocycles. The summed E-state index contributed by atoms with van der Waals surface area (Å²) >= 11 is 3.96. The molecule has 0 radical (unpaired) electrons. The Balaban J connectivity index is 1.15. The number of rotatable bonds is 2. The number of fused-ring (bicyclic) bond motifs is 9. The second kappa shape index (κ2) is 9.59. The molecule has 5 aromatic carbocycles. The summed E-state index contributed by atoms with van der Waals surface area (Å²) < 4.78 is 5.68. The van der Waals surface area contributed by atoms with Gasteiger partial charge in [0.15, 0.2) is 0 Å². The van der Waals surface area contributed by atoms with Crippen LogP contribution in [0.3, 0.4) is 0 Å². The molecule has 0 bridgehead atoms. The predicted molar refractivity (Wildman–Crippen MR) is 188 cm³/mol. The standard InChI is InChI=1S/C38H36N2S2/c1-23-9-13-39(14-10-23)29-5-3-25-19-33-31-7-8-32-34-20-26-4-6-30(40-15-11-24(2)12-16-40)18-28(26)22-36(34)42-38(32)37(31)41-35(33)21-27(25)17-29/h3-8,17-24H,9-16H2,1-2H3. The summed E-state index contributed by atoms with van der Waals surface area (Å²) in [5.74, 6) is 1.70. The molecule has 42 heavy (non-hydrogen) atoms. The topological polar surface area (TPSA) is 6.48 Å². The van der Waals surface area contributed by atoms with Gasteiger partial charge in [0.1, 0.15) is 0 Å². The van der Waals surface area contributed by atoms with E-state index in [0.29, 0.717) is 0 Å². The first-order valence-electron chi connectivity index (χ1n) is 15.8. The largest absolute Gasteiger partial charge is 0.371 e. The molecule has 0 amide bonds. The Bertz CT molecular complexity index is 2000. The van der Waals surface area contributed by atoms with Crippen molar-refractivity contribution in [1.82, 2.24) is 0 Å². The third-order valence-corrected chi connectivity index (χ3v) is 12.8. The van der Waals surface area contributed by atoms with Crippen LogP contribution in [0.2, 0.25) is 0 Å². The van der Waals surface area contributed by atoms with Crippen molar-refractivity contribution in [2.24, 2.45) is 11.8 Å². The molecule has 2 nitrogen and oxygen atoms in total. The van der Waals surface area contributed by atoms with Gasteiger partial charge in [-0.3, -0.25) is 0 Å². The maximum absolute atomic E-state index is 2.58. The SMILES string of the molecule is CC1CCN(c2ccc3cc4c(cc3c2)sc2c4ccc3c4cc5ccc(N6CCC(C)CC6)cc5cc4sc32)CC1. The average molecular weight is 585 g/mol. The van der Waals surface area contributed by atoms with Gasteiger partial charge >= 0.3 is 0 Å². The van der Waals surface area contributed by atoms with Gasteiger partial charge in [0.25, 0.3) is 0 Å². The summed E-state index contributed by atoms with van der Waals surface area (Å²) in [5, 5.41) is 11.0. The van der Waals surface area contributed by atoms with E-state index in [1.54, 1.807) is 0 Å². The van der Waals surface area contributed by atoms with E-state index in [0.717, 1.165) is 11.8 Å². The van der Waals surface area contributed by atoms with Gasteiger partial charge in [0.2, 0.25) is 0 Å². The summed E-state index contributed by atoms with van der Waals surface area (Å²) in [7, 11) is 0. The first-order valence-corrected chi connectivity index (χ1v) is 17.4. The van der Waals surface area contributed by atoms with E-state index in [-0.39, 0.29) is 0 Å². The summed E-state index contributed by atoms with van der Waals surface area (Å²) in [6.07, 6.45) is 5.19. The van der Waals surface area contributed by atoms with Gasteiger partial charge in [-0.05, 0) is 108 Å². The predicted octanol–water partition coefficient (Wildman–Crippen LogP) is 11.2. The first kappa shape index (κ1) is 25.2. The molecule has 4 heteroatoms. The lowest BCUT2D eigenvalue weighted by Crippen LogP contribution is -2.32. The number of hydrogen-bond donors (Lipinski definition) is 0. The van der Waals surface area contributed by atoms with Crippen LogP contribution in [0, 0.1) is 11.8 Å². The lowest BCUT2D eigenvalue weighted by molar-refractivity contribution is 0.438. The van der Waals surface area contributed by atoms with E-state index in [1.165, 1.54) is 125 Å². The lowest BCUT2D eigenvalue weighted by atomic mass is 9.98. The highest BCUT2D eigenvalue weighted by molar-refractivity contribution is 7.33. The van der Waals surface area contributed by atoms with E-state index in [9.17, 15) is 0 Å². The highest BCUT2D eigenvalue weighted by Crippen LogP contribution is 2.46. The van der Waals surface area contributed by atoms with Gasteiger partial charge in [-0.2, -0.15) is 0 Å². The minimum absolute atomic E-state index is 0.852. The van der Waals surface area contributed by atoms with Crippen LogP contribution >= 0.6 is 22.7 Å². The zero-order valence-corrected chi connectivity index (χ0v) is 26.1. The second-order valence-corrected chi connectivity index (χ2v) is 15.2. The molecule has 210 valence electrons. The maximum atomic E-state index is 2.58. The molecule has 0 unspecified atom stereocenters. The van der Waals surface area contributed by atoms with Crippen LogP contribution in [0.1, 0.15) is 39.5 Å². The van der Waals surface area contributed by atoms with E-state index >= 15 is 0 Å². The molecular weight excluding hydrogens is 549 g/mol. The minimum atomic E-state index is 0.852. The van der Waals surface area contributed by atoms with E-state index in [4.69, 9.17) is 0 Å². The fourth-order valence-electron chi connectivity index (χ4n) is 7.45. The van der Waals surface area contributed by atoms with Gasteiger partial charge in [-0.15, -0.1) is 22.7 Å². The molecule has 9 rings (SSSR count). The van der Waals surface area contributed by atoms with Crippen molar-refractivity contribution in [2.45, 2.75) is 39.5 Å². The van der Waals surface area contributed by atoms with Crippen molar-refractivity contribution in [3.05, 3.63) is 72.8 Å². The number of benzene rings is 5. The van der Waals surface area contributed by atoms with Crippen LogP contribution in [0.5, 0.6) is 0 Å². The Morgan fingerprint density at radius 2 is 0.905 bits per heavy atom. The minimum Gasteiger partial charge on any atom is -0.371 e. The van der Waals surface area contributed by atoms with E-state index in [2.05, 4.69) is 96.4 Å². The van der Waals surface area contributed by atoms with Crippen LogP contribution < -0.4 is 9.80 Å². The van der Waals surface area contributed by atoms with Crippen molar-refractivity contribution < 1.29 is 0 Å². The zero-order valence-electron chi connectivity index (χ0n) is 24.5. The van der Waals surface area contributed by atoms with Crippen LogP contribution in [-0.4, -0.2) is 26.2 Å². The Labute approximate surface area is 255 Å². The average Bonchev–Trinajstić information content (AvgIpc) is 3.56. The Morgan fingerprint density at radius 3 is 1.33 bits per heavy atom. The van der Waals surface area contributed by atoms with Crippen LogP contribution in [0.25, 0.3) is 61.9 Å². The molecule has 2 fully saturated rings. The van der Waals surface area contributed by atoms with Crippen molar-refractivity contribution in [1.29, 1.82) is 0 Å². The number of thiophene rings is 2. The molecule has 0 N–H and O–H groups in total. The van der Waals surface area contributed by atoms with Crippen LogP contribution in [-0.2, 0) is 0 Å². The second-order valence-electron chi connectivity index (χ2n) is 13.1. The fourth-order valence-corrected chi connectivity index (χ4v) is 10.1. The normalized spacial score (nSPS) is 17.7. The molecule has 2 saturated heterocycles. The third-order valence-electron chi connectivity index (χ3n) is 10.3. The molecule has 0 spiro atoms. The summed E-state index contributed by atoms with van der Waals surface area (Å²) in [4.78, 5) is 5.16. The fraction of sp³-hybridized carbons (Fsp3) is 0.316. The summed E-state index contributed by atoms with van der Waals surface area (Å²) in [5.41, 5.74) is 2.76. The summed E-state index contributed by atoms with van der Waals surface area (Å²) in [6, 6.07) is 28.7. The number of anilines is 2. The van der Waals surface area contributed by atoms with Crippen molar-refractivity contribution >= 4 is 95.9 Å². The van der Waals surface area contributed by atoms with E-state index in [1.807, 2.05) is 22.7 Å². The van der Waals surface area contributed by atoms with Crippen molar-refractivity contribution in [3.8, 4) is 0 Å². The first-order chi connectivity index (χ1) is 20.6. The van der Waals surface area contributed by atoms with Gasteiger partial charge in [-0.25, -0.2) is 0 Å². The molecule has 2 aliphatic heterocycles. The quantitative estimate of drug-likeness (QED) is 0.199. The number of hydrogen-bond acceptors (Lipinski definition) is 4. The molecule has 2 aromatic heterocycles. The summed E-state index contributed by atoms with van der Waals surface area (Å²) in [6.45, 7) is 9.48. The van der Waals surface area contributed by atoms with Gasteiger partial charge in [0.05, 0.1) is 9.40 Å². The Morgan fingerprint density at radius 1 is 0.476 bits per heavy atom. The number of piperidine rings is 2.